The molecule has 1 aliphatic rings. The molecule has 122 valence electrons. The number of methoxy groups -OCH3 is 2. The summed E-state index contributed by atoms with van der Waals surface area (Å²) >= 11 is 0. The molecule has 0 spiro atoms. The third kappa shape index (κ3) is 3.84. The summed E-state index contributed by atoms with van der Waals surface area (Å²) in [5.74, 6) is 3.30. The van der Waals surface area contributed by atoms with Gasteiger partial charge in [0.1, 0.15) is 0 Å². The number of aliphatic imine (C=N–C) groups is 1. The molecular formula is C17H27N3O2. The number of guanidine groups is 1. The lowest BCUT2D eigenvalue weighted by molar-refractivity contribution is 0.273. The van der Waals surface area contributed by atoms with Crippen LogP contribution in [0.2, 0.25) is 0 Å². The number of benzene rings is 1. The lowest BCUT2D eigenvalue weighted by Gasteiger charge is -2.33. The Morgan fingerprint density at radius 3 is 2.59 bits per heavy atom. The van der Waals surface area contributed by atoms with Crippen LogP contribution in [0.3, 0.4) is 0 Å². The number of ether oxygens (including phenoxy) is 2. The van der Waals surface area contributed by atoms with Gasteiger partial charge in [-0.05, 0) is 24.8 Å². The van der Waals surface area contributed by atoms with E-state index in [4.69, 9.17) is 9.47 Å². The minimum absolute atomic E-state index is 0.666. The maximum atomic E-state index is 5.47. The molecule has 1 saturated heterocycles. The monoisotopic (exact) mass is 305 g/mol. The molecular weight excluding hydrogens is 278 g/mol. The predicted molar refractivity (Wildman–Crippen MR) is 89.7 cm³/mol. The first-order valence-corrected chi connectivity index (χ1v) is 7.85. The summed E-state index contributed by atoms with van der Waals surface area (Å²) < 4.78 is 10.8. The van der Waals surface area contributed by atoms with Gasteiger partial charge in [0.2, 0.25) is 0 Å². The van der Waals surface area contributed by atoms with E-state index in [1.54, 1.807) is 14.2 Å². The summed E-state index contributed by atoms with van der Waals surface area (Å²) in [6.07, 6.45) is 2.45. The number of hydrogen-bond donors (Lipinski definition) is 1. The van der Waals surface area contributed by atoms with Gasteiger partial charge in [-0.1, -0.05) is 19.1 Å². The van der Waals surface area contributed by atoms with Gasteiger partial charge in [0.05, 0.1) is 14.2 Å². The molecule has 1 fully saturated rings. The number of piperidine rings is 1. The lowest BCUT2D eigenvalue weighted by Crippen LogP contribution is -2.45. The maximum Gasteiger partial charge on any atom is 0.193 e. The van der Waals surface area contributed by atoms with Gasteiger partial charge in [0.15, 0.2) is 17.5 Å². The molecule has 1 N–H and O–H groups in total. The van der Waals surface area contributed by atoms with Gasteiger partial charge in [-0.3, -0.25) is 4.99 Å². The van der Waals surface area contributed by atoms with Crippen LogP contribution in [0, 0.1) is 5.92 Å². The maximum absolute atomic E-state index is 5.47. The molecule has 0 aliphatic carbocycles. The fourth-order valence-corrected chi connectivity index (χ4v) is 2.82. The number of rotatable bonds is 4. The van der Waals surface area contributed by atoms with E-state index in [-0.39, 0.29) is 0 Å². The van der Waals surface area contributed by atoms with Crippen LogP contribution < -0.4 is 14.8 Å². The van der Waals surface area contributed by atoms with Gasteiger partial charge in [0, 0.05) is 32.2 Å². The Bertz CT molecular complexity index is 509. The average Bonchev–Trinajstić information content (AvgIpc) is 2.56. The van der Waals surface area contributed by atoms with Crippen molar-refractivity contribution in [3.8, 4) is 11.5 Å². The topological polar surface area (TPSA) is 46.1 Å². The van der Waals surface area contributed by atoms with Gasteiger partial charge in [-0.2, -0.15) is 0 Å². The third-order valence-corrected chi connectivity index (χ3v) is 4.22. The summed E-state index contributed by atoms with van der Waals surface area (Å²) in [4.78, 5) is 6.74. The van der Waals surface area contributed by atoms with Crippen molar-refractivity contribution in [2.45, 2.75) is 26.3 Å². The van der Waals surface area contributed by atoms with Crippen LogP contribution in [0.5, 0.6) is 11.5 Å². The van der Waals surface area contributed by atoms with Crippen molar-refractivity contribution in [3.63, 3.8) is 0 Å². The summed E-state index contributed by atoms with van der Waals surface area (Å²) in [5.41, 5.74) is 1.06. The minimum Gasteiger partial charge on any atom is -0.493 e. The molecule has 2 rings (SSSR count). The molecule has 0 saturated carbocycles. The average molecular weight is 305 g/mol. The standard InChI is InChI=1S/C17H27N3O2/c1-13-8-10-20(11-9-13)17(18-2)19-12-14-6-5-7-15(21-3)16(14)22-4/h5-7,13H,8-12H2,1-4H3,(H,18,19). The van der Waals surface area contributed by atoms with Crippen LogP contribution in [0.15, 0.2) is 23.2 Å². The zero-order valence-corrected chi connectivity index (χ0v) is 14.1. The van der Waals surface area contributed by atoms with Gasteiger partial charge in [-0.15, -0.1) is 0 Å². The molecule has 0 unspecified atom stereocenters. The predicted octanol–water partition coefficient (Wildman–Crippen LogP) is 2.51. The van der Waals surface area contributed by atoms with Crippen LogP contribution in [0.1, 0.15) is 25.3 Å². The summed E-state index contributed by atoms with van der Waals surface area (Å²) in [6.45, 7) is 5.11. The molecule has 5 heteroatoms. The Labute approximate surface area is 133 Å². The van der Waals surface area contributed by atoms with Gasteiger partial charge >= 0.3 is 0 Å². The van der Waals surface area contributed by atoms with E-state index in [1.165, 1.54) is 12.8 Å². The quantitative estimate of drug-likeness (QED) is 0.686. The van der Waals surface area contributed by atoms with Crippen LogP contribution in [-0.4, -0.2) is 45.2 Å². The second kappa shape index (κ2) is 7.92. The van der Waals surface area contributed by atoms with E-state index in [9.17, 15) is 0 Å². The van der Waals surface area contributed by atoms with Crippen LogP contribution in [0.25, 0.3) is 0 Å². The van der Waals surface area contributed by atoms with E-state index in [1.807, 2.05) is 25.2 Å². The van der Waals surface area contributed by atoms with Crippen molar-refractivity contribution >= 4 is 5.96 Å². The molecule has 0 aromatic heterocycles. The third-order valence-electron chi connectivity index (χ3n) is 4.22. The first kappa shape index (κ1) is 16.5. The number of hydrogen-bond acceptors (Lipinski definition) is 3. The van der Waals surface area contributed by atoms with E-state index in [0.29, 0.717) is 6.54 Å². The molecule has 1 aromatic carbocycles. The van der Waals surface area contributed by atoms with Crippen molar-refractivity contribution in [1.29, 1.82) is 0 Å². The SMILES string of the molecule is CN=C(NCc1cccc(OC)c1OC)N1CCC(C)CC1. The van der Waals surface area contributed by atoms with Gasteiger partial charge < -0.3 is 19.7 Å². The van der Waals surface area contributed by atoms with Gasteiger partial charge in [0.25, 0.3) is 0 Å². The normalized spacial score (nSPS) is 16.5. The number of likely N-dealkylation sites (tertiary alicyclic amines) is 1. The highest BCUT2D eigenvalue weighted by Crippen LogP contribution is 2.30. The fraction of sp³-hybridized carbons (Fsp3) is 0.588. The van der Waals surface area contributed by atoms with E-state index < -0.39 is 0 Å². The second-order valence-electron chi connectivity index (χ2n) is 5.72. The van der Waals surface area contributed by atoms with E-state index >= 15 is 0 Å². The second-order valence-corrected chi connectivity index (χ2v) is 5.72. The number of para-hydroxylation sites is 1. The molecule has 0 bridgehead atoms. The summed E-state index contributed by atoms with van der Waals surface area (Å²) in [5, 5.41) is 3.44. The first-order valence-electron chi connectivity index (χ1n) is 7.85. The Morgan fingerprint density at radius 2 is 2.00 bits per heavy atom. The first-order chi connectivity index (χ1) is 10.7. The molecule has 22 heavy (non-hydrogen) atoms. The van der Waals surface area contributed by atoms with Crippen molar-refractivity contribution in [1.82, 2.24) is 10.2 Å². The van der Waals surface area contributed by atoms with Gasteiger partial charge in [-0.25, -0.2) is 0 Å². The summed E-state index contributed by atoms with van der Waals surface area (Å²) in [7, 11) is 5.16. The molecule has 0 amide bonds. The van der Waals surface area contributed by atoms with Crippen molar-refractivity contribution in [3.05, 3.63) is 23.8 Å². The largest absolute Gasteiger partial charge is 0.493 e. The smallest absolute Gasteiger partial charge is 0.193 e. The molecule has 5 nitrogen and oxygen atoms in total. The number of nitrogens with one attached hydrogen (secondary N) is 1. The van der Waals surface area contributed by atoms with Crippen LogP contribution >= 0.6 is 0 Å². The molecule has 1 heterocycles. The van der Waals surface area contributed by atoms with Crippen LogP contribution in [-0.2, 0) is 6.54 Å². The Balaban J connectivity index is 2.02. The molecule has 0 atom stereocenters. The highest BCUT2D eigenvalue weighted by molar-refractivity contribution is 5.80. The minimum atomic E-state index is 0.666. The molecule has 1 aliphatic heterocycles. The zero-order valence-electron chi connectivity index (χ0n) is 14.1. The van der Waals surface area contributed by atoms with E-state index in [2.05, 4.69) is 22.1 Å². The molecule has 1 aromatic rings. The van der Waals surface area contributed by atoms with Crippen LogP contribution in [0.4, 0.5) is 0 Å². The Kier molecular flexibility index (Phi) is 5.92. The fourth-order valence-electron chi connectivity index (χ4n) is 2.82. The van der Waals surface area contributed by atoms with Crippen molar-refractivity contribution < 1.29 is 9.47 Å². The van der Waals surface area contributed by atoms with Crippen molar-refractivity contribution in [2.75, 3.05) is 34.4 Å². The molecule has 0 radical (unpaired) electrons. The summed E-state index contributed by atoms with van der Waals surface area (Å²) in [6, 6.07) is 5.92. The van der Waals surface area contributed by atoms with E-state index in [0.717, 1.165) is 42.0 Å². The number of nitrogens with zero attached hydrogens (tertiary/aromatic N) is 2. The highest BCUT2D eigenvalue weighted by Gasteiger charge is 2.19. The Morgan fingerprint density at radius 1 is 1.27 bits per heavy atom. The Hall–Kier alpha value is -1.91. The lowest BCUT2D eigenvalue weighted by atomic mass is 9.99. The zero-order chi connectivity index (χ0) is 15.9. The highest BCUT2D eigenvalue weighted by atomic mass is 16.5. The van der Waals surface area contributed by atoms with Crippen molar-refractivity contribution in [2.24, 2.45) is 10.9 Å².